The summed E-state index contributed by atoms with van der Waals surface area (Å²) in [5, 5.41) is 13.7. The number of thiazole rings is 1. The van der Waals surface area contributed by atoms with E-state index < -0.39 is 31.7 Å². The summed E-state index contributed by atoms with van der Waals surface area (Å²) >= 11 is 0.485. The maximum atomic E-state index is 12.9. The van der Waals surface area contributed by atoms with Gasteiger partial charge < -0.3 is 10.4 Å². The zero-order chi connectivity index (χ0) is 24.3. The second-order valence-electron chi connectivity index (χ2n) is 7.46. The minimum atomic E-state index is -4.28. The van der Waals surface area contributed by atoms with Crippen molar-refractivity contribution in [2.45, 2.75) is 34.9 Å². The van der Waals surface area contributed by atoms with Crippen molar-refractivity contribution >= 4 is 49.8 Å². The lowest BCUT2D eigenvalue weighted by molar-refractivity contribution is 0.0687. The van der Waals surface area contributed by atoms with Crippen molar-refractivity contribution in [3.8, 4) is 0 Å². The molecule has 0 saturated heterocycles. The van der Waals surface area contributed by atoms with Crippen molar-refractivity contribution in [1.29, 1.82) is 0 Å². The molecule has 1 aliphatic rings. The van der Waals surface area contributed by atoms with Crippen molar-refractivity contribution in [1.82, 2.24) is 15.0 Å². The molecular weight excluding hydrogens is 482 g/mol. The van der Waals surface area contributed by atoms with Gasteiger partial charge in [-0.2, -0.15) is 0 Å². The summed E-state index contributed by atoms with van der Waals surface area (Å²) in [5.41, 5.74) is -0.411. The van der Waals surface area contributed by atoms with Crippen molar-refractivity contribution in [3.63, 3.8) is 0 Å². The third-order valence-electron chi connectivity index (χ3n) is 5.19. The molecule has 0 aromatic carbocycles. The standard InChI is InChI=1S/C21H19N5O6S2/c27-17(12-6-1-2-7-12)15-13(8-5-11-23-15)24-20(30)26-21-25-16(18(28)29)19(33-21)34(31,32)14-9-3-4-10-22-14/h3-5,8-12H,1-2,6-7H2,(H,28,29)(H2,24,25,26,30). The highest BCUT2D eigenvalue weighted by molar-refractivity contribution is 7.93. The van der Waals surface area contributed by atoms with E-state index in [1.54, 1.807) is 6.07 Å². The van der Waals surface area contributed by atoms with Crippen LogP contribution in [0.2, 0.25) is 0 Å². The Morgan fingerprint density at radius 2 is 1.71 bits per heavy atom. The van der Waals surface area contributed by atoms with E-state index in [1.807, 2.05) is 0 Å². The molecule has 2 amide bonds. The van der Waals surface area contributed by atoms with Gasteiger partial charge in [0.25, 0.3) is 0 Å². The number of ketones is 1. The van der Waals surface area contributed by atoms with E-state index in [9.17, 15) is 27.9 Å². The monoisotopic (exact) mass is 501 g/mol. The summed E-state index contributed by atoms with van der Waals surface area (Å²) in [6.45, 7) is 0. The molecule has 1 aliphatic carbocycles. The number of aromatic carboxylic acids is 1. The minimum Gasteiger partial charge on any atom is -0.476 e. The predicted molar refractivity (Wildman–Crippen MR) is 122 cm³/mol. The number of hydrogen-bond acceptors (Lipinski definition) is 9. The molecule has 0 radical (unpaired) electrons. The van der Waals surface area contributed by atoms with Crippen LogP contribution in [0.5, 0.6) is 0 Å². The largest absolute Gasteiger partial charge is 0.476 e. The van der Waals surface area contributed by atoms with Crippen LogP contribution < -0.4 is 10.6 Å². The number of carboxylic acids is 1. The molecule has 0 bridgehead atoms. The number of aromatic nitrogens is 3. The van der Waals surface area contributed by atoms with E-state index in [4.69, 9.17) is 0 Å². The zero-order valence-corrected chi connectivity index (χ0v) is 19.2. The van der Waals surface area contributed by atoms with Crippen molar-refractivity contribution in [2.75, 3.05) is 10.6 Å². The van der Waals surface area contributed by atoms with Gasteiger partial charge in [0.05, 0.1) is 5.69 Å². The Balaban J connectivity index is 1.57. The molecule has 3 aromatic rings. The van der Waals surface area contributed by atoms with Gasteiger partial charge >= 0.3 is 12.0 Å². The zero-order valence-electron chi connectivity index (χ0n) is 17.6. The summed E-state index contributed by atoms with van der Waals surface area (Å²) < 4.78 is 25.2. The Hall–Kier alpha value is -3.71. The molecule has 34 heavy (non-hydrogen) atoms. The topological polar surface area (TPSA) is 168 Å². The van der Waals surface area contributed by atoms with Gasteiger partial charge in [0.1, 0.15) is 5.69 Å². The fraction of sp³-hybridized carbons (Fsp3) is 0.238. The number of nitrogens with one attached hydrogen (secondary N) is 2. The van der Waals surface area contributed by atoms with Gasteiger partial charge in [-0.15, -0.1) is 0 Å². The SMILES string of the molecule is O=C(Nc1nc(C(=O)O)c(S(=O)(=O)c2ccccn2)s1)Nc1cccnc1C(=O)C1CCCC1. The summed E-state index contributed by atoms with van der Waals surface area (Å²) in [4.78, 5) is 48.7. The maximum Gasteiger partial charge on any atom is 0.356 e. The molecule has 0 atom stereocenters. The van der Waals surface area contributed by atoms with E-state index in [2.05, 4.69) is 25.6 Å². The fourth-order valence-electron chi connectivity index (χ4n) is 3.61. The molecule has 176 valence electrons. The Labute approximate surface area is 198 Å². The molecule has 1 saturated carbocycles. The Morgan fingerprint density at radius 1 is 0.971 bits per heavy atom. The lowest BCUT2D eigenvalue weighted by Crippen LogP contribution is -2.23. The van der Waals surface area contributed by atoms with Gasteiger partial charge in [-0.1, -0.05) is 30.2 Å². The van der Waals surface area contributed by atoms with Crippen molar-refractivity contribution < 1.29 is 27.9 Å². The van der Waals surface area contributed by atoms with E-state index in [-0.39, 0.29) is 33.2 Å². The lowest BCUT2D eigenvalue weighted by Gasteiger charge is -2.12. The van der Waals surface area contributed by atoms with Crippen LogP contribution in [0.25, 0.3) is 0 Å². The number of carbonyl (C=O) groups is 3. The molecule has 3 aromatic heterocycles. The van der Waals surface area contributed by atoms with E-state index in [1.165, 1.54) is 36.7 Å². The average molecular weight is 502 g/mol. The first-order chi connectivity index (χ1) is 16.3. The molecule has 13 heteroatoms. The van der Waals surface area contributed by atoms with Crippen LogP contribution in [0.15, 0.2) is 52.0 Å². The second-order valence-corrected chi connectivity index (χ2v) is 10.5. The van der Waals surface area contributed by atoms with Crippen LogP contribution in [0.3, 0.4) is 0 Å². The van der Waals surface area contributed by atoms with Crippen LogP contribution in [-0.4, -0.2) is 46.3 Å². The average Bonchev–Trinajstić information content (AvgIpc) is 3.50. The molecule has 4 rings (SSSR count). The summed E-state index contributed by atoms with van der Waals surface area (Å²) in [6, 6.07) is 6.45. The summed E-state index contributed by atoms with van der Waals surface area (Å²) in [6.07, 6.45) is 6.19. The number of sulfone groups is 1. The van der Waals surface area contributed by atoms with Gasteiger partial charge in [-0.05, 0) is 37.1 Å². The number of nitrogens with zero attached hydrogens (tertiary/aromatic N) is 3. The molecule has 0 unspecified atom stereocenters. The predicted octanol–water partition coefficient (Wildman–Crippen LogP) is 3.48. The first-order valence-corrected chi connectivity index (χ1v) is 12.5. The molecular formula is C21H19N5O6S2. The molecule has 1 fully saturated rings. The van der Waals surface area contributed by atoms with Gasteiger partial charge in [-0.3, -0.25) is 15.1 Å². The fourth-order valence-corrected chi connectivity index (χ4v) is 6.26. The van der Waals surface area contributed by atoms with Gasteiger partial charge in [0, 0.05) is 18.3 Å². The lowest BCUT2D eigenvalue weighted by atomic mass is 9.99. The van der Waals surface area contributed by atoms with Crippen LogP contribution in [-0.2, 0) is 9.84 Å². The van der Waals surface area contributed by atoms with Crippen molar-refractivity contribution in [3.05, 3.63) is 54.1 Å². The molecule has 0 spiro atoms. The maximum absolute atomic E-state index is 12.9. The van der Waals surface area contributed by atoms with Crippen LogP contribution in [0, 0.1) is 5.92 Å². The van der Waals surface area contributed by atoms with E-state index in [0.717, 1.165) is 25.7 Å². The highest BCUT2D eigenvalue weighted by atomic mass is 32.2. The normalized spacial score (nSPS) is 14.0. The number of hydrogen-bond donors (Lipinski definition) is 3. The number of carboxylic acid groups (broad SMARTS) is 1. The number of anilines is 2. The molecule has 3 heterocycles. The number of amides is 2. The highest BCUT2D eigenvalue weighted by Gasteiger charge is 2.31. The summed E-state index contributed by atoms with van der Waals surface area (Å²) in [5.74, 6) is -1.87. The number of carbonyl (C=O) groups excluding carboxylic acids is 2. The van der Waals surface area contributed by atoms with E-state index in [0.29, 0.717) is 11.3 Å². The van der Waals surface area contributed by atoms with Gasteiger partial charge in [-0.25, -0.2) is 28.0 Å². The number of rotatable bonds is 7. The smallest absolute Gasteiger partial charge is 0.356 e. The third kappa shape index (κ3) is 4.79. The second kappa shape index (κ2) is 9.65. The Kier molecular flexibility index (Phi) is 6.65. The highest BCUT2D eigenvalue weighted by Crippen LogP contribution is 2.32. The van der Waals surface area contributed by atoms with Gasteiger partial charge in [0.2, 0.25) is 9.84 Å². The first-order valence-electron chi connectivity index (χ1n) is 10.2. The van der Waals surface area contributed by atoms with Gasteiger partial charge in [0.15, 0.2) is 25.8 Å². The molecule has 0 aliphatic heterocycles. The minimum absolute atomic E-state index is 0.133. The number of urea groups is 1. The number of pyridine rings is 2. The summed E-state index contributed by atoms with van der Waals surface area (Å²) in [7, 11) is -4.28. The number of Topliss-reactive ketones (excluding diaryl/α,β-unsaturated/α-hetero) is 1. The van der Waals surface area contributed by atoms with Crippen LogP contribution >= 0.6 is 11.3 Å². The Morgan fingerprint density at radius 3 is 2.38 bits per heavy atom. The van der Waals surface area contributed by atoms with Crippen LogP contribution in [0.1, 0.15) is 46.7 Å². The molecule has 11 nitrogen and oxygen atoms in total. The third-order valence-corrected chi connectivity index (χ3v) is 8.34. The van der Waals surface area contributed by atoms with Crippen molar-refractivity contribution in [2.24, 2.45) is 5.92 Å². The van der Waals surface area contributed by atoms with E-state index >= 15 is 0 Å². The van der Waals surface area contributed by atoms with Crippen LogP contribution in [0.4, 0.5) is 15.6 Å². The Bertz CT molecular complexity index is 1350. The quantitative estimate of drug-likeness (QED) is 0.410. The molecule has 3 N–H and O–H groups in total. The first kappa shape index (κ1) is 23.4.